The van der Waals surface area contributed by atoms with E-state index < -0.39 is 0 Å². The number of hydrogen-bond acceptors (Lipinski definition) is 1. The molecule has 1 aromatic carbocycles. The molecule has 0 aliphatic rings. The van der Waals surface area contributed by atoms with Crippen LogP contribution in [0.5, 0.6) is 0 Å². The molecule has 3 heteroatoms. The van der Waals surface area contributed by atoms with Crippen LogP contribution in [0.2, 0.25) is 0 Å². The zero-order valence-corrected chi connectivity index (χ0v) is 11.1. The summed E-state index contributed by atoms with van der Waals surface area (Å²) in [6, 6.07) is 6.31. The fraction of sp³-hybridized carbons (Fsp3) is 0.417. The van der Waals surface area contributed by atoms with Gasteiger partial charge in [-0.05, 0) is 18.2 Å². The molecule has 2 nitrogen and oxygen atoms in total. The van der Waals surface area contributed by atoms with Crippen molar-refractivity contribution in [3.63, 3.8) is 0 Å². The van der Waals surface area contributed by atoms with Crippen molar-refractivity contribution in [2.45, 2.75) is 26.2 Å². The van der Waals surface area contributed by atoms with Crippen molar-refractivity contribution in [1.29, 1.82) is 0 Å². The average molecular weight is 267 g/mol. The van der Waals surface area contributed by atoms with Crippen molar-refractivity contribution in [1.82, 2.24) is 9.78 Å². The van der Waals surface area contributed by atoms with E-state index in [1.165, 1.54) is 10.9 Å². The predicted molar refractivity (Wildman–Crippen MR) is 67.1 cm³/mol. The van der Waals surface area contributed by atoms with Gasteiger partial charge >= 0.3 is 0 Å². The van der Waals surface area contributed by atoms with Gasteiger partial charge in [0.2, 0.25) is 0 Å². The fourth-order valence-electron chi connectivity index (χ4n) is 1.78. The van der Waals surface area contributed by atoms with E-state index in [1.807, 2.05) is 11.7 Å². The molecule has 2 rings (SSSR count). The minimum atomic E-state index is 0.0906. The molecule has 1 heterocycles. The molecule has 0 amide bonds. The van der Waals surface area contributed by atoms with E-state index >= 15 is 0 Å². The number of benzene rings is 1. The maximum absolute atomic E-state index is 4.60. The standard InChI is InChI=1S/C12H15BrN2/c1-12(2,3)11-9-6-5-8(13)7-10(9)15(4)14-11/h5-7H,1-4H3. The summed E-state index contributed by atoms with van der Waals surface area (Å²) in [5.41, 5.74) is 2.43. The minimum Gasteiger partial charge on any atom is -0.268 e. The monoisotopic (exact) mass is 266 g/mol. The van der Waals surface area contributed by atoms with E-state index in [9.17, 15) is 0 Å². The summed E-state index contributed by atoms with van der Waals surface area (Å²) in [5.74, 6) is 0. The molecule has 0 aliphatic carbocycles. The highest BCUT2D eigenvalue weighted by atomic mass is 79.9. The fourth-order valence-corrected chi connectivity index (χ4v) is 2.13. The molecule has 0 atom stereocenters. The minimum absolute atomic E-state index is 0.0906. The summed E-state index contributed by atoms with van der Waals surface area (Å²) in [6.07, 6.45) is 0. The van der Waals surface area contributed by atoms with Crippen LogP contribution in [-0.2, 0) is 12.5 Å². The summed E-state index contributed by atoms with van der Waals surface area (Å²) in [6.45, 7) is 6.57. The summed E-state index contributed by atoms with van der Waals surface area (Å²) in [5, 5.41) is 5.84. The normalized spacial score (nSPS) is 12.3. The number of fused-ring (bicyclic) bond motifs is 1. The first-order chi connectivity index (χ1) is 6.89. The Kier molecular flexibility index (Phi) is 2.38. The second-order valence-electron chi connectivity index (χ2n) is 4.88. The van der Waals surface area contributed by atoms with Gasteiger partial charge < -0.3 is 0 Å². The van der Waals surface area contributed by atoms with E-state index in [0.29, 0.717) is 0 Å². The largest absolute Gasteiger partial charge is 0.268 e. The van der Waals surface area contributed by atoms with Crippen molar-refractivity contribution >= 4 is 26.8 Å². The average Bonchev–Trinajstić information content (AvgIpc) is 2.43. The first-order valence-corrected chi connectivity index (χ1v) is 5.81. The molecular formula is C12H15BrN2. The lowest BCUT2D eigenvalue weighted by Crippen LogP contribution is -2.12. The molecular weight excluding hydrogens is 252 g/mol. The van der Waals surface area contributed by atoms with E-state index in [-0.39, 0.29) is 5.41 Å². The lowest BCUT2D eigenvalue weighted by Gasteiger charge is -2.15. The van der Waals surface area contributed by atoms with Gasteiger partial charge in [0.1, 0.15) is 0 Å². The van der Waals surface area contributed by atoms with Crippen LogP contribution in [0.15, 0.2) is 22.7 Å². The zero-order chi connectivity index (χ0) is 11.2. The molecule has 0 N–H and O–H groups in total. The van der Waals surface area contributed by atoms with Gasteiger partial charge in [0, 0.05) is 22.3 Å². The smallest absolute Gasteiger partial charge is 0.0756 e. The highest BCUT2D eigenvalue weighted by Gasteiger charge is 2.21. The van der Waals surface area contributed by atoms with Crippen molar-refractivity contribution < 1.29 is 0 Å². The van der Waals surface area contributed by atoms with E-state index in [4.69, 9.17) is 0 Å². The van der Waals surface area contributed by atoms with Crippen LogP contribution in [-0.4, -0.2) is 9.78 Å². The summed E-state index contributed by atoms with van der Waals surface area (Å²) in [7, 11) is 1.99. The molecule has 0 unspecified atom stereocenters. The van der Waals surface area contributed by atoms with Crippen LogP contribution in [0.3, 0.4) is 0 Å². The SMILES string of the molecule is Cn1nc(C(C)(C)C)c2ccc(Br)cc21. The van der Waals surface area contributed by atoms with E-state index in [1.54, 1.807) is 0 Å². The highest BCUT2D eigenvalue weighted by molar-refractivity contribution is 9.10. The Hall–Kier alpha value is -0.830. The molecule has 0 saturated heterocycles. The summed E-state index contributed by atoms with van der Waals surface area (Å²) >= 11 is 3.49. The molecule has 80 valence electrons. The van der Waals surface area contributed by atoms with Crippen LogP contribution in [0.25, 0.3) is 10.9 Å². The predicted octanol–water partition coefficient (Wildman–Crippen LogP) is 3.63. The zero-order valence-electron chi connectivity index (χ0n) is 9.50. The molecule has 2 aromatic rings. The van der Waals surface area contributed by atoms with Crippen LogP contribution < -0.4 is 0 Å². The number of aryl methyl sites for hydroxylation is 1. The first-order valence-electron chi connectivity index (χ1n) is 5.02. The maximum atomic E-state index is 4.60. The Bertz CT molecular complexity index is 506. The number of hydrogen-bond donors (Lipinski definition) is 0. The Balaban J connectivity index is 2.79. The first kappa shape index (κ1) is 10.7. The van der Waals surface area contributed by atoms with Gasteiger partial charge in [-0.25, -0.2) is 0 Å². The van der Waals surface area contributed by atoms with Crippen LogP contribution in [0.4, 0.5) is 0 Å². The number of halogens is 1. The lowest BCUT2D eigenvalue weighted by atomic mass is 9.90. The molecule has 0 spiro atoms. The molecule has 0 aliphatic heterocycles. The Morgan fingerprint density at radius 2 is 1.93 bits per heavy atom. The van der Waals surface area contributed by atoms with Gasteiger partial charge in [0.15, 0.2) is 0 Å². The Morgan fingerprint density at radius 1 is 1.27 bits per heavy atom. The molecule has 15 heavy (non-hydrogen) atoms. The third kappa shape index (κ3) is 1.81. The summed E-state index contributed by atoms with van der Waals surface area (Å²) < 4.78 is 3.04. The Labute approximate surface area is 98.4 Å². The topological polar surface area (TPSA) is 17.8 Å². The van der Waals surface area contributed by atoms with Gasteiger partial charge in [-0.15, -0.1) is 0 Å². The molecule has 0 radical (unpaired) electrons. The van der Waals surface area contributed by atoms with E-state index in [2.05, 4.69) is 60.0 Å². The van der Waals surface area contributed by atoms with Gasteiger partial charge in [-0.2, -0.15) is 5.10 Å². The van der Waals surface area contributed by atoms with Crippen molar-refractivity contribution in [2.75, 3.05) is 0 Å². The molecule has 1 aromatic heterocycles. The number of aromatic nitrogens is 2. The van der Waals surface area contributed by atoms with Crippen molar-refractivity contribution in [2.24, 2.45) is 7.05 Å². The highest BCUT2D eigenvalue weighted by Crippen LogP contribution is 2.30. The number of rotatable bonds is 0. The maximum Gasteiger partial charge on any atom is 0.0756 e. The molecule has 0 fully saturated rings. The molecule has 0 bridgehead atoms. The second kappa shape index (κ2) is 3.34. The number of nitrogens with zero attached hydrogens (tertiary/aromatic N) is 2. The quantitative estimate of drug-likeness (QED) is 0.712. The van der Waals surface area contributed by atoms with Crippen molar-refractivity contribution in [3.05, 3.63) is 28.4 Å². The van der Waals surface area contributed by atoms with E-state index in [0.717, 1.165) is 10.2 Å². The van der Waals surface area contributed by atoms with Crippen LogP contribution in [0, 0.1) is 0 Å². The molecule has 0 saturated carbocycles. The summed E-state index contributed by atoms with van der Waals surface area (Å²) in [4.78, 5) is 0. The second-order valence-corrected chi connectivity index (χ2v) is 5.80. The Morgan fingerprint density at radius 3 is 2.53 bits per heavy atom. The lowest BCUT2D eigenvalue weighted by molar-refractivity contribution is 0.558. The van der Waals surface area contributed by atoms with Crippen LogP contribution >= 0.6 is 15.9 Å². The van der Waals surface area contributed by atoms with Gasteiger partial charge in [-0.3, -0.25) is 4.68 Å². The third-order valence-electron chi connectivity index (χ3n) is 2.52. The van der Waals surface area contributed by atoms with Gasteiger partial charge in [0.25, 0.3) is 0 Å². The van der Waals surface area contributed by atoms with Gasteiger partial charge in [-0.1, -0.05) is 36.7 Å². The third-order valence-corrected chi connectivity index (χ3v) is 3.02. The van der Waals surface area contributed by atoms with Crippen molar-refractivity contribution in [3.8, 4) is 0 Å². The van der Waals surface area contributed by atoms with Gasteiger partial charge in [0.05, 0.1) is 11.2 Å². The van der Waals surface area contributed by atoms with Crippen LogP contribution in [0.1, 0.15) is 26.5 Å².